The van der Waals surface area contributed by atoms with Crippen LogP contribution in [0.25, 0.3) is 21.5 Å². The molecule has 0 fully saturated rings. The van der Waals surface area contributed by atoms with E-state index in [-0.39, 0.29) is 37.9 Å². The lowest BCUT2D eigenvalue weighted by Gasteiger charge is -2.34. The van der Waals surface area contributed by atoms with Crippen LogP contribution in [-0.4, -0.2) is 0 Å². The van der Waals surface area contributed by atoms with Crippen LogP contribution in [0.1, 0.15) is 184 Å². The van der Waals surface area contributed by atoms with Crippen molar-refractivity contribution in [1.29, 1.82) is 0 Å². The van der Waals surface area contributed by atoms with Crippen LogP contribution in [0.3, 0.4) is 0 Å². The average molecular weight is 803 g/mol. The molecule has 4 heteroatoms. The Morgan fingerprint density at radius 3 is 0.914 bits per heavy atom. The largest absolute Gasteiger partial charge is 0.530 e. The highest BCUT2D eigenvalue weighted by Crippen LogP contribution is 2.53. The first kappa shape index (κ1) is 45.5. The Hall–Kier alpha value is -3.55. The summed E-state index contributed by atoms with van der Waals surface area (Å²) in [5, 5.41) is 4.67. The van der Waals surface area contributed by atoms with Crippen LogP contribution < -0.4 is 13.6 Å². The summed E-state index contributed by atoms with van der Waals surface area (Å²) in [5.41, 5.74) is 7.62. The van der Waals surface area contributed by atoms with E-state index < -0.39 is 8.60 Å². The molecule has 0 radical (unpaired) electrons. The predicted molar refractivity (Wildman–Crippen MR) is 254 cm³/mol. The van der Waals surface area contributed by atoms with E-state index in [0.29, 0.717) is 0 Å². The number of rotatable bonds is 6. The summed E-state index contributed by atoms with van der Waals surface area (Å²) >= 11 is 0. The molecule has 0 aliphatic rings. The molecule has 0 bridgehead atoms. The first-order chi connectivity index (χ1) is 26.1. The number of hydrogen-bond acceptors (Lipinski definition) is 3. The molecule has 314 valence electrons. The summed E-state index contributed by atoms with van der Waals surface area (Å²) < 4.78 is 22.0. The molecular formula is C54H75O3P. The van der Waals surface area contributed by atoms with Crippen LogP contribution in [0.4, 0.5) is 0 Å². The molecule has 3 nitrogen and oxygen atoms in total. The molecule has 0 amide bonds. The standard InChI is InChI=1S/C54H75O3P/c1-48(2,3)38-24-22-34-30-45(41(51(10,11)12)28-36(34)26-38)55-58(57-47-43(53(16,17)18)32-40(50(7,8)9)33-44(47)54(19,20)21)56-46-31-35-23-25-39(49(4,5)6)27-37(35)29-42(46)52(13,14)15/h22-33H,1-21H3. The minimum atomic E-state index is -2.04. The van der Waals surface area contributed by atoms with Crippen molar-refractivity contribution in [3.05, 3.63) is 112 Å². The molecule has 0 aromatic heterocycles. The van der Waals surface area contributed by atoms with Crippen molar-refractivity contribution in [2.75, 3.05) is 0 Å². The molecule has 5 aromatic rings. The van der Waals surface area contributed by atoms with E-state index in [4.69, 9.17) is 13.6 Å². The molecule has 58 heavy (non-hydrogen) atoms. The zero-order valence-electron chi connectivity index (χ0n) is 40.1. The van der Waals surface area contributed by atoms with Crippen LogP contribution in [0.2, 0.25) is 0 Å². The van der Waals surface area contributed by atoms with E-state index in [9.17, 15) is 0 Å². The molecule has 0 N–H and O–H groups in total. The zero-order valence-corrected chi connectivity index (χ0v) is 41.0. The molecule has 0 spiro atoms. The molecule has 0 heterocycles. The molecule has 5 rings (SSSR count). The lowest BCUT2D eigenvalue weighted by atomic mass is 9.75. The third-order valence-corrected chi connectivity index (χ3v) is 12.3. The Bertz CT molecular complexity index is 2140. The van der Waals surface area contributed by atoms with E-state index in [2.05, 4.69) is 218 Å². The molecule has 0 saturated heterocycles. The highest BCUT2D eigenvalue weighted by molar-refractivity contribution is 7.43. The van der Waals surface area contributed by atoms with Crippen molar-refractivity contribution in [2.24, 2.45) is 0 Å². The Balaban J connectivity index is 1.80. The van der Waals surface area contributed by atoms with E-state index in [1.807, 2.05) is 0 Å². The topological polar surface area (TPSA) is 27.7 Å². The quantitative estimate of drug-likeness (QED) is 0.160. The maximum Gasteiger partial charge on any atom is 0.530 e. The van der Waals surface area contributed by atoms with Crippen LogP contribution in [-0.2, 0) is 37.9 Å². The summed E-state index contributed by atoms with van der Waals surface area (Å²) in [6, 6.07) is 27.3. The van der Waals surface area contributed by atoms with Gasteiger partial charge in [0, 0.05) is 22.3 Å². The minimum absolute atomic E-state index is 0.0399. The maximum atomic E-state index is 7.41. The van der Waals surface area contributed by atoms with Gasteiger partial charge in [0.2, 0.25) is 0 Å². The van der Waals surface area contributed by atoms with Gasteiger partial charge in [0.1, 0.15) is 17.2 Å². The normalized spacial score (nSPS) is 13.8. The van der Waals surface area contributed by atoms with Gasteiger partial charge in [-0.05, 0) is 100 Å². The molecule has 0 saturated carbocycles. The summed E-state index contributed by atoms with van der Waals surface area (Å²) in [6.45, 7) is 47.7. The van der Waals surface area contributed by atoms with Gasteiger partial charge < -0.3 is 13.6 Å². The van der Waals surface area contributed by atoms with E-state index >= 15 is 0 Å². The smallest absolute Gasteiger partial charge is 0.408 e. The number of fused-ring (bicyclic) bond motifs is 2. The summed E-state index contributed by atoms with van der Waals surface area (Å²) in [7, 11) is -2.04. The zero-order chi connectivity index (χ0) is 43.8. The van der Waals surface area contributed by atoms with Gasteiger partial charge in [-0.15, -0.1) is 0 Å². The molecule has 0 aliphatic carbocycles. The van der Waals surface area contributed by atoms with E-state index in [1.54, 1.807) is 0 Å². The molecular weight excluding hydrogens is 728 g/mol. The minimum Gasteiger partial charge on any atom is -0.408 e. The Morgan fingerprint density at radius 1 is 0.293 bits per heavy atom. The van der Waals surface area contributed by atoms with E-state index in [0.717, 1.165) is 50.3 Å². The highest BCUT2D eigenvalue weighted by atomic mass is 31.2. The van der Waals surface area contributed by atoms with Crippen LogP contribution in [0.15, 0.2) is 72.8 Å². The van der Waals surface area contributed by atoms with Crippen LogP contribution >= 0.6 is 8.60 Å². The third-order valence-electron chi connectivity index (χ3n) is 11.3. The van der Waals surface area contributed by atoms with Crippen molar-refractivity contribution in [3.8, 4) is 17.2 Å². The molecule has 0 unspecified atom stereocenters. The Morgan fingerprint density at radius 2 is 0.621 bits per heavy atom. The average Bonchev–Trinajstić information content (AvgIpc) is 3.04. The van der Waals surface area contributed by atoms with Gasteiger partial charge in [-0.1, -0.05) is 194 Å². The predicted octanol–water partition coefficient (Wildman–Crippen LogP) is 16.8. The van der Waals surface area contributed by atoms with Gasteiger partial charge in [-0.3, -0.25) is 0 Å². The molecule has 0 aliphatic heterocycles. The fourth-order valence-electron chi connectivity index (χ4n) is 7.38. The number of benzene rings is 5. The second-order valence-electron chi connectivity index (χ2n) is 24.0. The lowest BCUT2D eigenvalue weighted by molar-refractivity contribution is 0.367. The fourth-order valence-corrected chi connectivity index (χ4v) is 8.46. The molecule has 5 aromatic carbocycles. The van der Waals surface area contributed by atoms with Crippen molar-refractivity contribution in [2.45, 2.75) is 183 Å². The van der Waals surface area contributed by atoms with Gasteiger partial charge in [0.15, 0.2) is 0 Å². The summed E-state index contributed by atoms with van der Waals surface area (Å²) in [5.74, 6) is 2.41. The molecule has 0 atom stereocenters. The van der Waals surface area contributed by atoms with Gasteiger partial charge in [-0.2, -0.15) is 0 Å². The second kappa shape index (κ2) is 15.2. The second-order valence-corrected chi connectivity index (χ2v) is 25.0. The summed E-state index contributed by atoms with van der Waals surface area (Å²) in [4.78, 5) is 0. The Labute approximate surface area is 354 Å². The monoisotopic (exact) mass is 803 g/mol. The third kappa shape index (κ3) is 10.2. The highest BCUT2D eigenvalue weighted by Gasteiger charge is 2.36. The SMILES string of the molecule is CC(C)(C)c1cc(C(C)(C)C)c(OP(Oc2cc3ccc(C(C)(C)C)cc3cc2C(C)(C)C)Oc2cc3ccc(C(C)(C)C)cc3cc2C(C)(C)C)c(C(C)(C)C)c1. The first-order valence-corrected chi connectivity index (χ1v) is 22.4. The van der Waals surface area contributed by atoms with Crippen LogP contribution in [0.5, 0.6) is 17.2 Å². The number of hydrogen-bond donors (Lipinski definition) is 0. The lowest BCUT2D eigenvalue weighted by Crippen LogP contribution is -2.23. The van der Waals surface area contributed by atoms with Crippen LogP contribution in [0, 0.1) is 0 Å². The maximum absolute atomic E-state index is 7.41. The fraction of sp³-hybridized carbons (Fsp3) is 0.519. The van der Waals surface area contributed by atoms with Crippen molar-refractivity contribution >= 4 is 30.1 Å². The van der Waals surface area contributed by atoms with Gasteiger partial charge in [0.25, 0.3) is 0 Å². The van der Waals surface area contributed by atoms with Gasteiger partial charge >= 0.3 is 8.60 Å². The van der Waals surface area contributed by atoms with Crippen molar-refractivity contribution in [3.63, 3.8) is 0 Å². The van der Waals surface area contributed by atoms with Gasteiger partial charge in [-0.25, -0.2) is 0 Å². The van der Waals surface area contributed by atoms with E-state index in [1.165, 1.54) is 27.5 Å². The first-order valence-electron chi connectivity index (χ1n) is 21.4. The Kier molecular flexibility index (Phi) is 11.9. The van der Waals surface area contributed by atoms with Crippen molar-refractivity contribution < 1.29 is 13.6 Å². The summed E-state index contributed by atoms with van der Waals surface area (Å²) in [6.07, 6.45) is 0. The van der Waals surface area contributed by atoms with Gasteiger partial charge in [0.05, 0.1) is 0 Å². The van der Waals surface area contributed by atoms with Crippen molar-refractivity contribution in [1.82, 2.24) is 0 Å².